The lowest BCUT2D eigenvalue weighted by molar-refractivity contribution is -0.113. The summed E-state index contributed by atoms with van der Waals surface area (Å²) in [7, 11) is -0.729. The molecular formula is C37H32NOPS. The van der Waals surface area contributed by atoms with E-state index in [1.807, 2.05) is 18.2 Å². The Hall–Kier alpha value is -3.65. The average molecular weight is 570 g/mol. The third-order valence-electron chi connectivity index (χ3n) is 8.54. The predicted octanol–water partition coefficient (Wildman–Crippen LogP) is 7.35. The van der Waals surface area contributed by atoms with Crippen molar-refractivity contribution in [2.75, 3.05) is 11.1 Å². The highest BCUT2D eigenvalue weighted by Crippen LogP contribution is 2.56. The molecular weight excluding hydrogens is 537 g/mol. The molecule has 2 aliphatic rings. The maximum absolute atomic E-state index is 13.3. The third-order valence-corrected chi connectivity index (χ3v) is 12.0. The van der Waals surface area contributed by atoms with Crippen LogP contribution in [-0.2, 0) is 23.1 Å². The Balaban J connectivity index is 1.31. The fraction of sp³-hybridized carbons (Fsp3) is 0.162. The molecule has 0 heterocycles. The molecule has 1 spiro atoms. The van der Waals surface area contributed by atoms with Gasteiger partial charge in [-0.2, -0.15) is 0 Å². The van der Waals surface area contributed by atoms with Gasteiger partial charge in [-0.05, 0) is 90.0 Å². The van der Waals surface area contributed by atoms with E-state index in [1.54, 1.807) is 11.8 Å². The van der Waals surface area contributed by atoms with Crippen LogP contribution >= 0.6 is 19.7 Å². The molecule has 2 aliphatic carbocycles. The molecule has 0 bridgehead atoms. The average Bonchev–Trinajstić information content (AvgIpc) is 3.60. The van der Waals surface area contributed by atoms with Crippen molar-refractivity contribution in [3.63, 3.8) is 0 Å². The van der Waals surface area contributed by atoms with Gasteiger partial charge < -0.3 is 5.32 Å². The third kappa shape index (κ3) is 4.92. The minimum absolute atomic E-state index is 0.0524. The van der Waals surface area contributed by atoms with Crippen molar-refractivity contribution >= 4 is 47.2 Å². The van der Waals surface area contributed by atoms with Gasteiger partial charge in [0.2, 0.25) is 5.91 Å². The number of rotatable bonds is 7. The molecule has 0 saturated heterocycles. The number of fused-ring (bicyclic) bond motifs is 4. The van der Waals surface area contributed by atoms with E-state index in [0.717, 1.165) is 36.3 Å². The molecule has 0 aromatic heterocycles. The predicted molar refractivity (Wildman–Crippen MR) is 175 cm³/mol. The molecule has 41 heavy (non-hydrogen) atoms. The minimum Gasteiger partial charge on any atom is -0.325 e. The molecule has 0 radical (unpaired) electrons. The van der Waals surface area contributed by atoms with Gasteiger partial charge >= 0.3 is 0 Å². The molecule has 1 atom stereocenters. The Kier molecular flexibility index (Phi) is 7.25. The molecule has 0 fully saturated rings. The quantitative estimate of drug-likeness (QED) is 0.164. The first-order valence-corrected chi connectivity index (χ1v) is 16.7. The number of carbonyl (C=O) groups excluding carboxylic acids is 1. The molecule has 1 amide bonds. The first-order chi connectivity index (χ1) is 20.2. The number of carbonyl (C=O) groups is 1. The van der Waals surface area contributed by atoms with Gasteiger partial charge in [-0.3, -0.25) is 4.79 Å². The van der Waals surface area contributed by atoms with E-state index in [0.29, 0.717) is 5.75 Å². The van der Waals surface area contributed by atoms with E-state index in [1.165, 1.54) is 38.2 Å². The summed E-state index contributed by atoms with van der Waals surface area (Å²) in [4.78, 5) is 14.4. The minimum atomic E-state index is -0.729. The first kappa shape index (κ1) is 26.3. The Bertz CT molecular complexity index is 1650. The number of nitrogens with one attached hydrogen (secondary N) is 1. The number of hydrogen-bond donors (Lipinski definition) is 1. The van der Waals surface area contributed by atoms with Crippen molar-refractivity contribution in [1.82, 2.24) is 0 Å². The van der Waals surface area contributed by atoms with Crippen LogP contribution in [0, 0.1) is 0 Å². The number of benzene rings is 5. The standard InChI is InChI=1S/C37H32NOPS/c39-34(26-41-31-18-8-3-9-19-31)38-32-20-10-12-27-22-24-37(35(27)32)25-23-28-13-11-21-33(36(28)37)40(29-14-4-1-5-15-29)30-16-6-2-7-17-30/h1-21H,22-26H2,(H,38,39)/t37-/m1/s1. The molecule has 7 rings (SSSR count). The van der Waals surface area contributed by atoms with Gasteiger partial charge in [0.15, 0.2) is 0 Å². The second-order valence-electron chi connectivity index (χ2n) is 10.9. The fourth-order valence-electron chi connectivity index (χ4n) is 6.89. The topological polar surface area (TPSA) is 29.1 Å². The van der Waals surface area contributed by atoms with Crippen LogP contribution in [0.5, 0.6) is 0 Å². The van der Waals surface area contributed by atoms with Crippen LogP contribution in [0.1, 0.15) is 35.1 Å². The van der Waals surface area contributed by atoms with E-state index in [-0.39, 0.29) is 11.3 Å². The zero-order valence-corrected chi connectivity index (χ0v) is 24.6. The van der Waals surface area contributed by atoms with Crippen molar-refractivity contribution in [2.24, 2.45) is 0 Å². The van der Waals surface area contributed by atoms with E-state index in [9.17, 15) is 4.79 Å². The maximum atomic E-state index is 13.3. The molecule has 4 heteroatoms. The van der Waals surface area contributed by atoms with Crippen LogP contribution in [0.15, 0.2) is 132 Å². The zero-order valence-electron chi connectivity index (χ0n) is 22.9. The molecule has 1 N–H and O–H groups in total. The Morgan fingerprint density at radius 2 is 1.22 bits per heavy atom. The van der Waals surface area contributed by atoms with E-state index < -0.39 is 7.92 Å². The van der Waals surface area contributed by atoms with Gasteiger partial charge in [0, 0.05) is 16.0 Å². The summed E-state index contributed by atoms with van der Waals surface area (Å²) in [5.74, 6) is 0.451. The van der Waals surface area contributed by atoms with Crippen molar-refractivity contribution in [3.8, 4) is 0 Å². The van der Waals surface area contributed by atoms with Gasteiger partial charge in [0.1, 0.15) is 0 Å². The van der Waals surface area contributed by atoms with Crippen LogP contribution < -0.4 is 21.2 Å². The highest BCUT2D eigenvalue weighted by Gasteiger charge is 2.48. The Morgan fingerprint density at radius 1 is 0.659 bits per heavy atom. The molecule has 5 aromatic rings. The molecule has 0 unspecified atom stereocenters. The van der Waals surface area contributed by atoms with E-state index in [4.69, 9.17) is 0 Å². The van der Waals surface area contributed by atoms with Gasteiger partial charge in [-0.1, -0.05) is 109 Å². The van der Waals surface area contributed by atoms with Crippen molar-refractivity contribution in [2.45, 2.75) is 36.0 Å². The fourth-order valence-corrected chi connectivity index (χ4v) is 10.2. The summed E-state index contributed by atoms with van der Waals surface area (Å²) in [6, 6.07) is 45.7. The number of thioether (sulfide) groups is 1. The highest BCUT2D eigenvalue weighted by molar-refractivity contribution is 8.00. The van der Waals surface area contributed by atoms with Crippen LogP contribution in [0.4, 0.5) is 5.69 Å². The van der Waals surface area contributed by atoms with Crippen LogP contribution in [0.2, 0.25) is 0 Å². The van der Waals surface area contributed by atoms with Gasteiger partial charge in [-0.15, -0.1) is 11.8 Å². The Morgan fingerprint density at radius 3 is 1.85 bits per heavy atom. The van der Waals surface area contributed by atoms with E-state index in [2.05, 4.69) is 115 Å². The summed E-state index contributed by atoms with van der Waals surface area (Å²) in [6.45, 7) is 0. The van der Waals surface area contributed by atoms with Crippen molar-refractivity contribution < 1.29 is 4.79 Å². The molecule has 2 nitrogen and oxygen atoms in total. The van der Waals surface area contributed by atoms with Crippen LogP contribution in [0.3, 0.4) is 0 Å². The number of amides is 1. The normalized spacial score (nSPS) is 17.0. The molecule has 0 aliphatic heterocycles. The van der Waals surface area contributed by atoms with E-state index >= 15 is 0 Å². The summed E-state index contributed by atoms with van der Waals surface area (Å²) in [5, 5.41) is 7.56. The molecule has 202 valence electrons. The maximum Gasteiger partial charge on any atom is 0.234 e. The smallest absolute Gasteiger partial charge is 0.234 e. The van der Waals surface area contributed by atoms with Gasteiger partial charge in [0.05, 0.1) is 5.75 Å². The summed E-state index contributed by atoms with van der Waals surface area (Å²) >= 11 is 1.59. The number of hydrogen-bond acceptors (Lipinski definition) is 2. The lowest BCUT2D eigenvalue weighted by Gasteiger charge is -2.33. The monoisotopic (exact) mass is 569 g/mol. The number of anilines is 1. The Labute approximate surface area is 248 Å². The summed E-state index contributed by atoms with van der Waals surface area (Å²) in [5.41, 5.74) is 6.62. The van der Waals surface area contributed by atoms with Crippen LogP contribution in [-0.4, -0.2) is 11.7 Å². The number of aryl methyl sites for hydroxylation is 2. The van der Waals surface area contributed by atoms with Crippen molar-refractivity contribution in [1.29, 1.82) is 0 Å². The zero-order chi connectivity index (χ0) is 27.6. The largest absolute Gasteiger partial charge is 0.325 e. The molecule has 0 saturated carbocycles. The van der Waals surface area contributed by atoms with Crippen molar-refractivity contribution in [3.05, 3.63) is 150 Å². The highest BCUT2D eigenvalue weighted by atomic mass is 32.2. The van der Waals surface area contributed by atoms with Gasteiger partial charge in [0.25, 0.3) is 0 Å². The first-order valence-electron chi connectivity index (χ1n) is 14.4. The van der Waals surface area contributed by atoms with Crippen LogP contribution in [0.25, 0.3) is 0 Å². The second kappa shape index (κ2) is 11.3. The molecule has 5 aromatic carbocycles. The second-order valence-corrected chi connectivity index (χ2v) is 14.1. The summed E-state index contributed by atoms with van der Waals surface area (Å²) < 4.78 is 0. The lowest BCUT2D eigenvalue weighted by atomic mass is 9.76. The SMILES string of the molecule is O=C(CSc1ccccc1)Nc1cccc2c1[C@@]1(CC2)CCc2cccc(P(c3ccccc3)c3ccccc3)c21. The van der Waals surface area contributed by atoms with Gasteiger partial charge in [-0.25, -0.2) is 0 Å². The summed E-state index contributed by atoms with van der Waals surface area (Å²) in [6.07, 6.45) is 4.29. The lowest BCUT2D eigenvalue weighted by Crippen LogP contribution is -2.32.